The third-order valence-electron chi connectivity index (χ3n) is 27.2. The minimum Gasteiger partial charge on any atom is -0.169 e. The number of hydrogen-bond acceptors (Lipinski definition) is 0. The molecule has 0 bridgehead atoms. The summed E-state index contributed by atoms with van der Waals surface area (Å²) in [5.74, 6) is 0. The summed E-state index contributed by atoms with van der Waals surface area (Å²) in [6.07, 6.45) is -4.36. The summed E-state index contributed by atoms with van der Waals surface area (Å²) in [7, 11) is 0. The Balaban J connectivity index is 0.000000229. The van der Waals surface area contributed by atoms with Crippen molar-refractivity contribution in [3.05, 3.63) is 547 Å². The smallest absolute Gasteiger partial charge is 0.169 e. The van der Waals surface area contributed by atoms with Gasteiger partial charge in [0.2, 0.25) is 5.41 Å². The van der Waals surface area contributed by atoms with Gasteiger partial charge in [0.25, 0.3) is 0 Å². The molecule has 1 saturated carbocycles. The van der Waals surface area contributed by atoms with Crippen LogP contribution in [0.4, 0.5) is 26.3 Å². The van der Waals surface area contributed by atoms with Crippen LogP contribution in [-0.2, 0) is 37.9 Å². The molecule has 2 aliphatic rings. The maximum absolute atomic E-state index is 13.5. The van der Waals surface area contributed by atoms with E-state index in [9.17, 15) is 26.3 Å². The first-order valence-electron chi connectivity index (χ1n) is 51.5. The lowest BCUT2D eigenvalue weighted by atomic mass is 9.65. The Morgan fingerprint density at radius 2 is 0.394 bits per heavy atom. The second-order valence-corrected chi connectivity index (χ2v) is 37.3. The predicted octanol–water partition coefficient (Wildman–Crippen LogP) is 40.1. The SMILES string of the molecule is CC.CC.CC.CC.CC.CC.Cc1ccc(C(C)(C)c2ccc(C(C)(C)c3ccc(C)cc3)cc2)cc1.Cc1ccc(C(C)(C)c2cccc(C(C)(C)c3ccc(C)cc3)c2)cc1.Cc1ccc(C2(c3ccc(C)cc3)c3ccccc3-c3ccccc32)cc1.FC(F)(F)C(c1ccccc1)(c1ccccc1)C(F)(F)F.c1ccc(-c2ccccc2)cc1.c1ccc(C2(c3ccccc3)CCCCC2)cc1. The summed E-state index contributed by atoms with van der Waals surface area (Å²) in [5.41, 5.74) is 26.5. The van der Waals surface area contributed by atoms with E-state index in [1.54, 1.807) is 0 Å². The van der Waals surface area contributed by atoms with Crippen LogP contribution in [-0.4, -0.2) is 12.4 Å². The van der Waals surface area contributed by atoms with Gasteiger partial charge in [-0.1, -0.05) is 616 Å². The highest BCUT2D eigenvalue weighted by molar-refractivity contribution is 5.86. The topological polar surface area (TPSA) is 0 Å². The van der Waals surface area contributed by atoms with E-state index in [0.29, 0.717) is 0 Å². The molecule has 6 heteroatoms. The molecule has 1 fully saturated rings. The maximum atomic E-state index is 13.5. The van der Waals surface area contributed by atoms with Gasteiger partial charge in [-0.3, -0.25) is 0 Å². The first kappa shape index (κ1) is 116. The van der Waals surface area contributed by atoms with Gasteiger partial charge < -0.3 is 0 Å². The lowest BCUT2D eigenvalue weighted by Crippen LogP contribution is -2.54. The van der Waals surface area contributed by atoms with Crippen molar-refractivity contribution in [3.63, 3.8) is 0 Å². The summed E-state index contributed by atoms with van der Waals surface area (Å²) in [4.78, 5) is 0. The average molecular weight is 1910 g/mol. The number of hydrogen-bond donors (Lipinski definition) is 0. The van der Waals surface area contributed by atoms with E-state index in [4.69, 9.17) is 0 Å². The Labute approximate surface area is 852 Å². The zero-order chi connectivity index (χ0) is 105. The van der Waals surface area contributed by atoms with Crippen molar-refractivity contribution >= 4 is 0 Å². The van der Waals surface area contributed by atoms with E-state index in [1.165, 1.54) is 178 Å². The number of benzene rings is 16. The monoisotopic (exact) mass is 1910 g/mol. The largest absolute Gasteiger partial charge is 0.411 e. The van der Waals surface area contributed by atoms with Crippen LogP contribution in [0.3, 0.4) is 0 Å². The van der Waals surface area contributed by atoms with Gasteiger partial charge in [-0.15, -0.1) is 0 Å². The molecule has 744 valence electrons. The van der Waals surface area contributed by atoms with Crippen molar-refractivity contribution in [3.8, 4) is 22.3 Å². The molecule has 0 nitrogen and oxygen atoms in total. The van der Waals surface area contributed by atoms with Gasteiger partial charge >= 0.3 is 12.4 Å². The minimum absolute atomic E-state index is 0.000230. The highest BCUT2D eigenvalue weighted by atomic mass is 19.4. The molecule has 16 aromatic rings. The molecule has 0 saturated heterocycles. The van der Waals surface area contributed by atoms with Crippen LogP contribution < -0.4 is 0 Å². The second kappa shape index (κ2) is 54.9. The molecule has 16 aromatic carbocycles. The van der Waals surface area contributed by atoms with Crippen LogP contribution in [0.5, 0.6) is 0 Å². The number of rotatable bonds is 15. The summed E-state index contributed by atoms with van der Waals surface area (Å²) >= 11 is 0. The fourth-order valence-corrected chi connectivity index (χ4v) is 18.8. The molecule has 2 aliphatic carbocycles. The van der Waals surface area contributed by atoms with Crippen LogP contribution in [0.1, 0.15) is 293 Å². The van der Waals surface area contributed by atoms with Crippen molar-refractivity contribution in [2.24, 2.45) is 0 Å². The molecular formula is C136H158F6. The standard InChI is InChI=1S/C27H22.2C26H30.C18H20.C15H10F6.C12H10.6C2H6/c1-19-11-15-21(16-12-19)27(22-17-13-20(2)14-18-22)25-9-5-3-7-23(25)24-8-4-6-10-26(24)27;1-19-7-11-21(12-8-19)25(3,4)23-15-17-24(18-16-23)26(5,6)22-13-9-20(2)10-14-22;1-19-10-14-21(15-11-19)25(3,4)23-8-7-9-24(18-23)26(5,6)22-16-12-20(2)13-17-22;1-4-10-16(11-5-1)18(14-8-3-9-15-18)17-12-6-2-7-13-17;16-14(17,18)13(15(19,20)21,11-7-3-1-4-8-11)12-9-5-2-6-10-12;1-3-7-11(8-4-1)12-9-5-2-6-10-12;6*1-2/h3-18H,1-2H3;2*7-18H,1-6H3;1-2,4-7,10-13H,3,8-9,14-15H2;1-10H;1-10H;6*1-2H3. The van der Waals surface area contributed by atoms with E-state index in [0.717, 1.165) is 48.5 Å². The molecule has 0 radical (unpaired) electrons. The molecule has 0 heterocycles. The van der Waals surface area contributed by atoms with Crippen molar-refractivity contribution in [2.75, 3.05) is 0 Å². The molecule has 0 spiro atoms. The minimum atomic E-state index is -5.52. The number of aryl methyl sites for hydroxylation is 6. The highest BCUT2D eigenvalue weighted by Gasteiger charge is 2.72. The van der Waals surface area contributed by atoms with Crippen molar-refractivity contribution in [1.82, 2.24) is 0 Å². The molecule has 18 rings (SSSR count). The van der Waals surface area contributed by atoms with Gasteiger partial charge in [-0.05, 0) is 166 Å². The molecule has 0 aliphatic heterocycles. The van der Waals surface area contributed by atoms with Gasteiger partial charge in [0, 0.05) is 27.1 Å². The first-order chi connectivity index (χ1) is 68.2. The van der Waals surface area contributed by atoms with Gasteiger partial charge in [0.05, 0.1) is 5.41 Å². The van der Waals surface area contributed by atoms with E-state index in [-0.39, 0.29) is 32.5 Å². The molecule has 142 heavy (non-hydrogen) atoms. The lowest BCUT2D eigenvalue weighted by Gasteiger charge is -2.38. The molecule has 0 amide bonds. The Kier molecular flexibility index (Phi) is 44.9. The number of fused-ring (bicyclic) bond motifs is 3. The summed E-state index contributed by atoms with van der Waals surface area (Å²) in [5, 5.41) is 0. The Morgan fingerprint density at radius 3 is 0.648 bits per heavy atom. The normalized spacial score (nSPS) is 12.5. The summed E-state index contributed by atoms with van der Waals surface area (Å²) in [6.45, 7) is 55.3. The highest BCUT2D eigenvalue weighted by Crippen LogP contribution is 2.58. The predicted molar refractivity (Wildman–Crippen MR) is 602 cm³/mol. The van der Waals surface area contributed by atoms with Gasteiger partial charge in [0.1, 0.15) is 0 Å². The van der Waals surface area contributed by atoms with Gasteiger partial charge in [0.15, 0.2) is 0 Å². The van der Waals surface area contributed by atoms with Crippen LogP contribution >= 0.6 is 0 Å². The molecular weight excluding hydrogens is 1750 g/mol. The maximum Gasteiger partial charge on any atom is 0.411 e. The average Bonchev–Trinajstić information content (AvgIpc) is 1.53. The molecule has 0 atom stereocenters. The van der Waals surface area contributed by atoms with E-state index in [2.05, 4.69) is 449 Å². The second-order valence-electron chi connectivity index (χ2n) is 37.3. The van der Waals surface area contributed by atoms with Crippen molar-refractivity contribution < 1.29 is 26.3 Å². The van der Waals surface area contributed by atoms with Crippen LogP contribution in [0.2, 0.25) is 0 Å². The molecule has 0 aromatic heterocycles. The summed E-state index contributed by atoms with van der Waals surface area (Å²) < 4.78 is 81.1. The number of halogens is 6. The number of alkyl halides is 6. The lowest BCUT2D eigenvalue weighted by molar-refractivity contribution is -0.288. The Hall–Kier alpha value is -12.9. The van der Waals surface area contributed by atoms with Crippen LogP contribution in [0, 0.1) is 41.5 Å². The van der Waals surface area contributed by atoms with E-state index >= 15 is 0 Å². The van der Waals surface area contributed by atoms with E-state index in [1.807, 2.05) is 95.2 Å². The summed E-state index contributed by atoms with van der Waals surface area (Å²) in [6, 6.07) is 143. The van der Waals surface area contributed by atoms with E-state index < -0.39 is 28.9 Å². The zero-order valence-corrected chi connectivity index (χ0v) is 89.7. The fourth-order valence-electron chi connectivity index (χ4n) is 18.8. The molecule has 0 unspecified atom stereocenters. The van der Waals surface area contributed by atoms with Gasteiger partial charge in [-0.2, -0.15) is 26.3 Å². The Morgan fingerprint density at radius 1 is 0.190 bits per heavy atom. The quantitative estimate of drug-likeness (QED) is 0.0898. The zero-order valence-electron chi connectivity index (χ0n) is 89.7. The van der Waals surface area contributed by atoms with Crippen molar-refractivity contribution in [2.45, 2.75) is 262 Å². The third-order valence-corrected chi connectivity index (χ3v) is 27.2. The molecule has 0 N–H and O–H groups in total. The first-order valence-corrected chi connectivity index (χ1v) is 51.5. The third kappa shape index (κ3) is 27.9. The van der Waals surface area contributed by atoms with Crippen molar-refractivity contribution in [1.29, 1.82) is 0 Å². The van der Waals surface area contributed by atoms with Gasteiger partial charge in [-0.25, -0.2) is 0 Å². The fraction of sp³-hybridized carbons (Fsp3) is 0.294. The Bertz CT molecular complexity index is 5850. The van der Waals surface area contributed by atoms with Crippen LogP contribution in [0.15, 0.2) is 425 Å². The van der Waals surface area contributed by atoms with Crippen LogP contribution in [0.25, 0.3) is 22.3 Å².